The van der Waals surface area contributed by atoms with Crippen molar-refractivity contribution < 1.29 is 5.11 Å². The molecule has 2 aromatic rings. The molecular weight excluding hydrogens is 296 g/mol. The van der Waals surface area contributed by atoms with Gasteiger partial charge in [0.1, 0.15) is 0 Å². The first-order chi connectivity index (χ1) is 10.7. The van der Waals surface area contributed by atoms with Gasteiger partial charge in [0.25, 0.3) is 0 Å². The highest BCUT2D eigenvalue weighted by Crippen LogP contribution is 2.37. The zero-order chi connectivity index (χ0) is 15.5. The molecule has 22 heavy (non-hydrogen) atoms. The van der Waals surface area contributed by atoms with Crippen molar-refractivity contribution >= 4 is 17.3 Å². The minimum atomic E-state index is 0.00504. The van der Waals surface area contributed by atoms with Crippen LogP contribution < -0.4 is 5.32 Å². The maximum absolute atomic E-state index is 9.15. The van der Waals surface area contributed by atoms with Crippen molar-refractivity contribution in [3.05, 3.63) is 53.6 Å². The number of H-pyrrole nitrogens is 1. The Morgan fingerprint density at radius 3 is 2.82 bits per heavy atom. The fourth-order valence-corrected chi connectivity index (χ4v) is 3.26. The Morgan fingerprint density at radius 2 is 2.18 bits per heavy atom. The number of aromatic amines is 1. The van der Waals surface area contributed by atoms with Gasteiger partial charge in [0.05, 0.1) is 17.8 Å². The Hall–Kier alpha value is -1.92. The summed E-state index contributed by atoms with van der Waals surface area (Å²) >= 11 is 5.51. The topological polar surface area (TPSA) is 64.2 Å². The van der Waals surface area contributed by atoms with Crippen molar-refractivity contribution in [2.45, 2.75) is 25.4 Å². The molecule has 116 valence electrons. The summed E-state index contributed by atoms with van der Waals surface area (Å²) in [5.74, 6) is 0. The summed E-state index contributed by atoms with van der Waals surface area (Å²) in [6, 6.07) is 10.1. The second-order valence-electron chi connectivity index (χ2n) is 5.49. The molecule has 0 aliphatic carbocycles. The van der Waals surface area contributed by atoms with Crippen LogP contribution in [0.2, 0.25) is 0 Å². The second-order valence-corrected chi connectivity index (χ2v) is 5.88. The Labute approximate surface area is 135 Å². The minimum Gasteiger partial charge on any atom is -0.396 e. The highest BCUT2D eigenvalue weighted by Gasteiger charge is 2.39. The van der Waals surface area contributed by atoms with Crippen LogP contribution in [0.25, 0.3) is 0 Å². The standard InChI is InChI=1S/C16H20N4OS/c1-11-6-7-13(18-11)15-14(12-5-2-3-8-17-12)19-16(22)20(15)9-4-10-21/h2-3,5-8,14-15,18,21H,4,9-10H2,1H3,(H,19,22)/t14-,15+/m0/s1. The lowest BCUT2D eigenvalue weighted by Crippen LogP contribution is -2.31. The van der Waals surface area contributed by atoms with Crippen molar-refractivity contribution in [1.82, 2.24) is 20.2 Å². The zero-order valence-corrected chi connectivity index (χ0v) is 13.3. The molecule has 0 bridgehead atoms. The predicted molar refractivity (Wildman–Crippen MR) is 89.4 cm³/mol. The molecule has 1 aliphatic heterocycles. The molecule has 1 saturated heterocycles. The van der Waals surface area contributed by atoms with E-state index < -0.39 is 0 Å². The lowest BCUT2D eigenvalue weighted by atomic mass is 10.0. The molecule has 1 fully saturated rings. The van der Waals surface area contributed by atoms with Gasteiger partial charge in [-0.25, -0.2) is 0 Å². The molecule has 1 aliphatic rings. The third-order valence-corrected chi connectivity index (χ3v) is 4.28. The molecule has 3 rings (SSSR count). The maximum atomic E-state index is 9.15. The van der Waals surface area contributed by atoms with Gasteiger partial charge in [-0.15, -0.1) is 0 Å². The number of hydrogen-bond donors (Lipinski definition) is 3. The van der Waals surface area contributed by atoms with Crippen molar-refractivity contribution in [2.75, 3.05) is 13.2 Å². The monoisotopic (exact) mass is 316 g/mol. The first-order valence-electron chi connectivity index (χ1n) is 7.45. The van der Waals surface area contributed by atoms with Gasteiger partial charge in [-0.1, -0.05) is 6.07 Å². The van der Waals surface area contributed by atoms with Gasteiger partial charge >= 0.3 is 0 Å². The van der Waals surface area contributed by atoms with Gasteiger partial charge in [-0.2, -0.15) is 0 Å². The fourth-order valence-electron chi connectivity index (χ4n) is 2.92. The predicted octanol–water partition coefficient (Wildman–Crippen LogP) is 2.07. The summed E-state index contributed by atoms with van der Waals surface area (Å²) in [7, 11) is 0. The van der Waals surface area contributed by atoms with Gasteiger partial charge < -0.3 is 20.3 Å². The Bertz CT molecular complexity index is 643. The number of nitrogens with zero attached hydrogens (tertiary/aromatic N) is 2. The van der Waals surface area contributed by atoms with Crippen molar-refractivity contribution in [3.8, 4) is 0 Å². The number of aryl methyl sites for hydroxylation is 1. The molecule has 3 N–H and O–H groups in total. The summed E-state index contributed by atoms with van der Waals surface area (Å²) in [6.07, 6.45) is 2.49. The van der Waals surface area contributed by atoms with E-state index in [-0.39, 0.29) is 18.7 Å². The zero-order valence-electron chi connectivity index (χ0n) is 12.5. The SMILES string of the molecule is Cc1ccc([C@@H]2[C@H](c3ccccn3)NC(=S)N2CCCO)[nH]1. The van der Waals surface area contributed by atoms with Crippen LogP contribution >= 0.6 is 12.2 Å². The number of aliphatic hydroxyl groups excluding tert-OH is 1. The number of thiocarbonyl (C=S) groups is 1. The number of rotatable bonds is 5. The van der Waals surface area contributed by atoms with Crippen LogP contribution in [0, 0.1) is 6.92 Å². The average Bonchev–Trinajstić information content (AvgIpc) is 3.09. The summed E-state index contributed by atoms with van der Waals surface area (Å²) in [4.78, 5) is 10.0. The third-order valence-electron chi connectivity index (χ3n) is 3.93. The van der Waals surface area contributed by atoms with E-state index in [0.717, 1.165) is 17.1 Å². The highest BCUT2D eigenvalue weighted by molar-refractivity contribution is 7.80. The lowest BCUT2D eigenvalue weighted by molar-refractivity contribution is 0.246. The minimum absolute atomic E-state index is 0.00504. The van der Waals surface area contributed by atoms with Gasteiger partial charge in [-0.3, -0.25) is 4.98 Å². The number of nitrogens with one attached hydrogen (secondary N) is 2. The van der Waals surface area contributed by atoms with E-state index >= 15 is 0 Å². The van der Waals surface area contributed by atoms with Crippen LogP contribution in [0.4, 0.5) is 0 Å². The van der Waals surface area contributed by atoms with Crippen LogP contribution in [0.1, 0.15) is 35.6 Å². The molecule has 2 atom stereocenters. The first-order valence-corrected chi connectivity index (χ1v) is 7.86. The average molecular weight is 316 g/mol. The Morgan fingerprint density at radius 1 is 1.32 bits per heavy atom. The Kier molecular flexibility index (Phi) is 4.40. The molecule has 0 unspecified atom stereocenters. The Balaban J connectivity index is 1.96. The van der Waals surface area contributed by atoms with Crippen LogP contribution in [0.15, 0.2) is 36.5 Å². The van der Waals surface area contributed by atoms with Crippen molar-refractivity contribution in [3.63, 3.8) is 0 Å². The van der Waals surface area contributed by atoms with E-state index in [0.29, 0.717) is 18.1 Å². The van der Waals surface area contributed by atoms with E-state index in [9.17, 15) is 0 Å². The highest BCUT2D eigenvalue weighted by atomic mass is 32.1. The lowest BCUT2D eigenvalue weighted by Gasteiger charge is -2.26. The molecule has 0 radical (unpaired) electrons. The molecule has 3 heterocycles. The molecule has 0 spiro atoms. The molecule has 2 aromatic heterocycles. The van der Waals surface area contributed by atoms with Crippen LogP contribution in [-0.2, 0) is 0 Å². The molecule has 0 amide bonds. The maximum Gasteiger partial charge on any atom is 0.170 e. The summed E-state index contributed by atoms with van der Waals surface area (Å²) < 4.78 is 0. The first kappa shape index (κ1) is 15.0. The van der Waals surface area contributed by atoms with Crippen LogP contribution in [0.3, 0.4) is 0 Å². The van der Waals surface area contributed by atoms with Gasteiger partial charge in [-0.05, 0) is 49.8 Å². The summed E-state index contributed by atoms with van der Waals surface area (Å²) in [6.45, 7) is 2.91. The largest absolute Gasteiger partial charge is 0.396 e. The second kappa shape index (κ2) is 6.46. The van der Waals surface area contributed by atoms with Gasteiger partial charge in [0, 0.05) is 30.7 Å². The van der Waals surface area contributed by atoms with E-state index in [4.69, 9.17) is 17.3 Å². The quantitative estimate of drug-likeness (QED) is 0.737. The summed E-state index contributed by atoms with van der Waals surface area (Å²) in [5, 5.41) is 13.2. The molecule has 6 heteroatoms. The van der Waals surface area contributed by atoms with Gasteiger partial charge in [0.15, 0.2) is 5.11 Å². The smallest absolute Gasteiger partial charge is 0.170 e. The molecule has 0 aromatic carbocycles. The van der Waals surface area contributed by atoms with Gasteiger partial charge in [0.2, 0.25) is 0 Å². The van der Waals surface area contributed by atoms with Crippen LogP contribution in [-0.4, -0.2) is 38.2 Å². The van der Waals surface area contributed by atoms with E-state index in [1.807, 2.05) is 25.1 Å². The number of aliphatic hydroxyl groups is 1. The summed E-state index contributed by atoms with van der Waals surface area (Å²) in [5.41, 5.74) is 3.20. The molecule has 5 nitrogen and oxygen atoms in total. The number of pyridine rings is 1. The fraction of sp³-hybridized carbons (Fsp3) is 0.375. The number of aromatic nitrogens is 2. The third kappa shape index (κ3) is 2.84. The van der Waals surface area contributed by atoms with E-state index in [2.05, 4.69) is 32.3 Å². The van der Waals surface area contributed by atoms with E-state index in [1.54, 1.807) is 6.20 Å². The van der Waals surface area contributed by atoms with Crippen molar-refractivity contribution in [2.24, 2.45) is 0 Å². The molecular formula is C16H20N4OS. The molecule has 0 saturated carbocycles. The van der Waals surface area contributed by atoms with E-state index in [1.165, 1.54) is 0 Å². The van der Waals surface area contributed by atoms with Crippen molar-refractivity contribution in [1.29, 1.82) is 0 Å². The normalized spacial score (nSPS) is 21.2. The van der Waals surface area contributed by atoms with Crippen LogP contribution in [0.5, 0.6) is 0 Å². The number of hydrogen-bond acceptors (Lipinski definition) is 3.